The van der Waals surface area contributed by atoms with Crippen LogP contribution in [0.5, 0.6) is 0 Å². The van der Waals surface area contributed by atoms with Crippen molar-refractivity contribution in [2.75, 3.05) is 0 Å². The molecule has 0 unspecified atom stereocenters. The van der Waals surface area contributed by atoms with Crippen molar-refractivity contribution in [1.29, 1.82) is 0 Å². The van der Waals surface area contributed by atoms with E-state index < -0.39 is 10.5 Å². The zero-order valence-electron chi connectivity index (χ0n) is 9.01. The van der Waals surface area contributed by atoms with Crippen LogP contribution in [0.3, 0.4) is 0 Å². The number of benzene rings is 1. The van der Waals surface area contributed by atoms with E-state index >= 15 is 0 Å². The molecular weight excluding hydrogens is 316 g/mol. The Morgan fingerprint density at radius 1 is 1.26 bits per heavy atom. The second-order valence-electron chi connectivity index (χ2n) is 3.41. The molecule has 0 saturated carbocycles. The van der Waals surface area contributed by atoms with E-state index in [9.17, 15) is 14.9 Å². The topological polar surface area (TPSA) is 78.0 Å². The summed E-state index contributed by atoms with van der Waals surface area (Å²) in [6, 6.07) is 3.76. The van der Waals surface area contributed by atoms with E-state index in [0.717, 1.165) is 10.9 Å². The zero-order chi connectivity index (χ0) is 14.2. The maximum atomic E-state index is 11.9. The van der Waals surface area contributed by atoms with Crippen LogP contribution in [0.2, 0.25) is 15.1 Å². The Labute approximate surface area is 121 Å². The summed E-state index contributed by atoms with van der Waals surface area (Å²) in [6.45, 7) is 0. The highest BCUT2D eigenvalue weighted by atomic mass is 35.5. The molecule has 0 radical (unpaired) electrons. The molecule has 1 aromatic heterocycles. The van der Waals surface area contributed by atoms with Gasteiger partial charge in [0, 0.05) is 11.1 Å². The van der Waals surface area contributed by atoms with Crippen molar-refractivity contribution in [1.82, 2.24) is 9.78 Å². The number of rotatable bonds is 2. The molecule has 0 bridgehead atoms. The van der Waals surface area contributed by atoms with Crippen LogP contribution in [0.25, 0.3) is 5.69 Å². The van der Waals surface area contributed by atoms with Crippen molar-refractivity contribution >= 4 is 40.5 Å². The molecule has 0 N–H and O–H groups in total. The highest BCUT2D eigenvalue weighted by Gasteiger charge is 2.19. The van der Waals surface area contributed by atoms with Crippen LogP contribution in [0.4, 0.5) is 5.69 Å². The number of halogens is 3. The number of nitro groups is 1. The van der Waals surface area contributed by atoms with Crippen molar-refractivity contribution < 1.29 is 4.92 Å². The number of nitrogens with zero attached hydrogens (tertiary/aromatic N) is 3. The Morgan fingerprint density at radius 2 is 1.95 bits per heavy atom. The smallest absolute Gasteiger partial charge is 0.266 e. The van der Waals surface area contributed by atoms with Crippen LogP contribution in [-0.4, -0.2) is 14.7 Å². The van der Waals surface area contributed by atoms with Gasteiger partial charge in [-0.05, 0) is 12.1 Å². The van der Waals surface area contributed by atoms with Gasteiger partial charge in [0.1, 0.15) is 10.7 Å². The summed E-state index contributed by atoms with van der Waals surface area (Å²) in [4.78, 5) is 22.2. The summed E-state index contributed by atoms with van der Waals surface area (Å²) in [5, 5.41) is 14.6. The van der Waals surface area contributed by atoms with Crippen LogP contribution in [0.15, 0.2) is 29.2 Å². The van der Waals surface area contributed by atoms with E-state index in [2.05, 4.69) is 5.10 Å². The largest absolute Gasteiger partial charge is 0.295 e. The molecular formula is C10H4Cl3N3O3. The van der Waals surface area contributed by atoms with Gasteiger partial charge in [0.05, 0.1) is 16.1 Å². The molecule has 0 aliphatic rings. The standard InChI is InChI=1S/C10H4Cl3N3O3/c11-5-1-2-7(16(18)19)8(3-5)15-10(17)9(13)6(12)4-14-15/h1-4H. The van der Waals surface area contributed by atoms with Crippen LogP contribution >= 0.6 is 34.8 Å². The molecule has 6 nitrogen and oxygen atoms in total. The minimum atomic E-state index is -0.764. The van der Waals surface area contributed by atoms with E-state index in [1.54, 1.807) is 0 Å². The SMILES string of the molecule is O=c1c(Cl)c(Cl)cnn1-c1cc(Cl)ccc1[N+](=O)[O-]. The van der Waals surface area contributed by atoms with Crippen LogP contribution < -0.4 is 5.56 Å². The highest BCUT2D eigenvalue weighted by molar-refractivity contribution is 6.41. The van der Waals surface area contributed by atoms with Crippen molar-refractivity contribution in [2.24, 2.45) is 0 Å². The van der Waals surface area contributed by atoms with Gasteiger partial charge in [0.25, 0.3) is 11.2 Å². The van der Waals surface area contributed by atoms with E-state index in [1.807, 2.05) is 0 Å². The van der Waals surface area contributed by atoms with Crippen LogP contribution in [0, 0.1) is 10.1 Å². The molecule has 0 aliphatic heterocycles. The van der Waals surface area contributed by atoms with Gasteiger partial charge in [-0.2, -0.15) is 9.78 Å². The van der Waals surface area contributed by atoms with E-state index in [-0.39, 0.29) is 26.4 Å². The number of nitro benzene ring substituents is 1. The molecule has 0 spiro atoms. The van der Waals surface area contributed by atoms with Gasteiger partial charge in [-0.15, -0.1) is 0 Å². The number of hydrogen-bond acceptors (Lipinski definition) is 4. The van der Waals surface area contributed by atoms with E-state index in [0.29, 0.717) is 0 Å². The quantitative estimate of drug-likeness (QED) is 0.629. The summed E-state index contributed by atoms with van der Waals surface area (Å²) in [6.07, 6.45) is 1.12. The Balaban J connectivity index is 2.79. The van der Waals surface area contributed by atoms with E-state index in [4.69, 9.17) is 34.8 Å². The fourth-order valence-electron chi connectivity index (χ4n) is 1.40. The first kappa shape index (κ1) is 13.8. The summed E-state index contributed by atoms with van der Waals surface area (Å²) < 4.78 is 0.776. The van der Waals surface area contributed by atoms with Crippen molar-refractivity contribution in [2.45, 2.75) is 0 Å². The third-order valence-electron chi connectivity index (χ3n) is 2.24. The Hall–Kier alpha value is -1.63. The highest BCUT2D eigenvalue weighted by Crippen LogP contribution is 2.25. The summed E-state index contributed by atoms with van der Waals surface area (Å²) in [7, 11) is 0. The minimum Gasteiger partial charge on any atom is -0.266 e. The number of aromatic nitrogens is 2. The first-order valence-electron chi connectivity index (χ1n) is 4.79. The van der Waals surface area contributed by atoms with Crippen molar-refractivity contribution in [3.63, 3.8) is 0 Å². The second kappa shape index (κ2) is 5.16. The Kier molecular flexibility index (Phi) is 3.75. The molecule has 0 fully saturated rings. The van der Waals surface area contributed by atoms with Gasteiger partial charge in [0.15, 0.2) is 0 Å². The Morgan fingerprint density at radius 3 is 2.58 bits per heavy atom. The molecule has 2 aromatic rings. The normalized spacial score (nSPS) is 10.5. The lowest BCUT2D eigenvalue weighted by atomic mass is 10.2. The molecule has 1 aromatic carbocycles. The summed E-state index contributed by atoms with van der Waals surface area (Å²) in [5.74, 6) is 0. The average molecular weight is 321 g/mol. The van der Waals surface area contributed by atoms with Gasteiger partial charge >= 0.3 is 0 Å². The van der Waals surface area contributed by atoms with Gasteiger partial charge in [-0.25, -0.2) is 0 Å². The molecule has 19 heavy (non-hydrogen) atoms. The molecule has 98 valence electrons. The molecule has 1 heterocycles. The van der Waals surface area contributed by atoms with Gasteiger partial charge in [-0.3, -0.25) is 14.9 Å². The fourth-order valence-corrected chi connectivity index (χ4v) is 1.82. The summed E-state index contributed by atoms with van der Waals surface area (Å²) >= 11 is 17.1. The molecule has 0 atom stereocenters. The minimum absolute atomic E-state index is 0.0346. The van der Waals surface area contributed by atoms with Gasteiger partial charge in [0.2, 0.25) is 0 Å². The predicted octanol–water partition coefficient (Wildman–Crippen LogP) is 3.10. The van der Waals surface area contributed by atoms with Gasteiger partial charge in [-0.1, -0.05) is 34.8 Å². The average Bonchev–Trinajstić information content (AvgIpc) is 2.35. The monoisotopic (exact) mass is 319 g/mol. The van der Waals surface area contributed by atoms with Gasteiger partial charge < -0.3 is 0 Å². The predicted molar refractivity (Wildman–Crippen MR) is 71.5 cm³/mol. The first-order chi connectivity index (χ1) is 8.91. The van der Waals surface area contributed by atoms with Crippen LogP contribution in [0.1, 0.15) is 0 Å². The number of hydrogen-bond donors (Lipinski definition) is 0. The lowest BCUT2D eigenvalue weighted by Crippen LogP contribution is -2.22. The van der Waals surface area contributed by atoms with Crippen molar-refractivity contribution in [3.05, 3.63) is 59.9 Å². The molecule has 0 saturated heterocycles. The lowest BCUT2D eigenvalue weighted by molar-refractivity contribution is -0.384. The van der Waals surface area contributed by atoms with E-state index in [1.165, 1.54) is 18.2 Å². The third kappa shape index (κ3) is 2.56. The summed E-state index contributed by atoms with van der Waals surface area (Å²) in [5.41, 5.74) is -1.17. The second-order valence-corrected chi connectivity index (χ2v) is 4.64. The maximum absolute atomic E-state index is 11.9. The Bertz CT molecular complexity index is 730. The van der Waals surface area contributed by atoms with Crippen LogP contribution in [-0.2, 0) is 0 Å². The first-order valence-corrected chi connectivity index (χ1v) is 5.93. The zero-order valence-corrected chi connectivity index (χ0v) is 11.3. The van der Waals surface area contributed by atoms with Crippen molar-refractivity contribution in [3.8, 4) is 5.69 Å². The molecule has 9 heteroatoms. The molecule has 0 aliphatic carbocycles. The molecule has 0 amide bonds. The molecule has 2 rings (SSSR count). The maximum Gasteiger partial charge on any atom is 0.295 e. The fraction of sp³-hybridized carbons (Fsp3) is 0. The third-order valence-corrected chi connectivity index (χ3v) is 3.22. The lowest BCUT2D eigenvalue weighted by Gasteiger charge is -2.06.